The van der Waals surface area contributed by atoms with Crippen molar-refractivity contribution in [2.75, 3.05) is 41.4 Å². The summed E-state index contributed by atoms with van der Waals surface area (Å²) in [6.07, 6.45) is 0.722. The highest BCUT2D eigenvalue weighted by Gasteiger charge is 2.15. The number of thioether (sulfide) groups is 1. The van der Waals surface area contributed by atoms with E-state index in [0.717, 1.165) is 35.2 Å². The van der Waals surface area contributed by atoms with Gasteiger partial charge in [0.1, 0.15) is 5.75 Å². The van der Waals surface area contributed by atoms with Crippen LogP contribution in [0.25, 0.3) is 0 Å². The number of rotatable bonds is 7. The standard InChI is InChI=1S/C15H12BrClO2.C12H16N2OS/c1-2-19-14-8-7-12(17)9-13(14)15(18)10-3-5-11(16)6-4-10;1-10-8-11(2-3-12(10)13-9-15)14-4-6-16-7-5-14/h3-9H,2H2,1H3;2-3,8-9H,4-7H2,1H3,(H,13,15). The number of aryl methyl sites for hydroxylation is 1. The van der Waals surface area contributed by atoms with Crippen LogP contribution >= 0.6 is 39.3 Å². The van der Waals surface area contributed by atoms with Gasteiger partial charge in [-0.05, 0) is 80.1 Å². The molecule has 1 heterocycles. The average molecular weight is 576 g/mol. The van der Waals surface area contributed by atoms with Crippen molar-refractivity contribution in [1.29, 1.82) is 0 Å². The summed E-state index contributed by atoms with van der Waals surface area (Å²) in [7, 11) is 0. The minimum atomic E-state index is -0.0987. The van der Waals surface area contributed by atoms with Gasteiger partial charge in [-0.15, -0.1) is 0 Å². The zero-order valence-electron chi connectivity index (χ0n) is 19.7. The molecule has 1 saturated heterocycles. The normalized spacial score (nSPS) is 12.9. The van der Waals surface area contributed by atoms with Crippen molar-refractivity contribution in [3.63, 3.8) is 0 Å². The van der Waals surface area contributed by atoms with E-state index in [1.165, 1.54) is 17.2 Å². The van der Waals surface area contributed by atoms with Crippen molar-refractivity contribution in [2.24, 2.45) is 0 Å². The van der Waals surface area contributed by atoms with Crippen LogP contribution in [-0.2, 0) is 4.79 Å². The largest absolute Gasteiger partial charge is 0.493 e. The van der Waals surface area contributed by atoms with Crippen molar-refractivity contribution < 1.29 is 14.3 Å². The maximum atomic E-state index is 12.5. The first kappa shape index (κ1) is 27.1. The molecule has 5 nitrogen and oxygen atoms in total. The average Bonchev–Trinajstić information content (AvgIpc) is 2.87. The summed E-state index contributed by atoms with van der Waals surface area (Å²) in [4.78, 5) is 25.2. The third-order valence-electron chi connectivity index (χ3n) is 5.39. The summed E-state index contributed by atoms with van der Waals surface area (Å²) in [5.41, 5.74) is 4.35. The Kier molecular flexibility index (Phi) is 10.5. The molecule has 3 aromatic rings. The SMILES string of the molecule is CCOc1ccc(Cl)cc1C(=O)c1ccc(Br)cc1.Cc1cc(N2CCSCC2)ccc1NC=O. The van der Waals surface area contributed by atoms with E-state index >= 15 is 0 Å². The highest BCUT2D eigenvalue weighted by atomic mass is 79.9. The van der Waals surface area contributed by atoms with Crippen molar-refractivity contribution in [1.82, 2.24) is 0 Å². The molecular formula is C27H28BrClN2O3S. The second kappa shape index (κ2) is 13.6. The molecule has 1 aliphatic rings. The van der Waals surface area contributed by atoms with E-state index in [0.29, 0.717) is 28.5 Å². The second-order valence-corrected chi connectivity index (χ2v) is 10.3. The maximum absolute atomic E-state index is 12.5. The predicted molar refractivity (Wildman–Crippen MR) is 151 cm³/mol. The molecule has 0 aromatic heterocycles. The van der Waals surface area contributed by atoms with Gasteiger partial charge in [0, 0.05) is 51.0 Å². The highest BCUT2D eigenvalue weighted by Crippen LogP contribution is 2.26. The molecule has 0 aliphatic carbocycles. The molecule has 0 radical (unpaired) electrons. The van der Waals surface area contributed by atoms with Gasteiger partial charge in [-0.2, -0.15) is 11.8 Å². The number of anilines is 2. The van der Waals surface area contributed by atoms with Crippen molar-refractivity contribution >= 4 is 62.9 Å². The Bertz CT molecular complexity index is 1150. The zero-order chi connectivity index (χ0) is 25.2. The Labute approximate surface area is 224 Å². The van der Waals surface area contributed by atoms with Gasteiger partial charge in [-0.25, -0.2) is 0 Å². The lowest BCUT2D eigenvalue weighted by Crippen LogP contribution is -2.32. The molecule has 3 aromatic carbocycles. The van der Waals surface area contributed by atoms with E-state index in [4.69, 9.17) is 16.3 Å². The summed E-state index contributed by atoms with van der Waals surface area (Å²) in [6, 6.07) is 18.5. The molecule has 184 valence electrons. The van der Waals surface area contributed by atoms with Crippen LogP contribution in [0.5, 0.6) is 5.75 Å². The lowest BCUT2D eigenvalue weighted by atomic mass is 10.0. The van der Waals surface area contributed by atoms with Gasteiger partial charge < -0.3 is 15.0 Å². The fourth-order valence-corrected chi connectivity index (χ4v) is 4.95. The van der Waals surface area contributed by atoms with Crippen LogP contribution in [0.1, 0.15) is 28.4 Å². The summed E-state index contributed by atoms with van der Waals surface area (Å²) < 4.78 is 6.40. The number of nitrogens with one attached hydrogen (secondary N) is 1. The first-order chi connectivity index (χ1) is 16.9. The second-order valence-electron chi connectivity index (χ2n) is 7.77. The van der Waals surface area contributed by atoms with E-state index in [9.17, 15) is 9.59 Å². The van der Waals surface area contributed by atoms with Crippen molar-refractivity contribution in [2.45, 2.75) is 13.8 Å². The summed E-state index contributed by atoms with van der Waals surface area (Å²) in [5, 5.41) is 3.22. The van der Waals surface area contributed by atoms with Gasteiger partial charge in [-0.1, -0.05) is 27.5 Å². The number of ether oxygens (including phenoxy) is 1. The number of carbonyl (C=O) groups is 2. The number of ketones is 1. The Morgan fingerprint density at radius 1 is 1.11 bits per heavy atom. The van der Waals surface area contributed by atoms with Crippen LogP contribution in [-0.4, -0.2) is 43.4 Å². The number of benzene rings is 3. The monoisotopic (exact) mass is 574 g/mol. The molecule has 4 rings (SSSR count). The topological polar surface area (TPSA) is 58.6 Å². The smallest absolute Gasteiger partial charge is 0.211 e. The van der Waals surface area contributed by atoms with Gasteiger partial charge in [0.05, 0.1) is 12.2 Å². The van der Waals surface area contributed by atoms with Crippen LogP contribution in [0.3, 0.4) is 0 Å². The molecule has 0 atom stereocenters. The summed E-state index contributed by atoms with van der Waals surface area (Å²) >= 11 is 11.3. The van der Waals surface area contributed by atoms with E-state index in [1.807, 2.05) is 43.8 Å². The van der Waals surface area contributed by atoms with Gasteiger partial charge in [0.15, 0.2) is 5.78 Å². The molecule has 1 fully saturated rings. The van der Waals surface area contributed by atoms with E-state index < -0.39 is 0 Å². The predicted octanol–water partition coefficient (Wildman–Crippen LogP) is 6.85. The first-order valence-corrected chi connectivity index (χ1v) is 13.6. The number of hydrogen-bond donors (Lipinski definition) is 1. The molecule has 0 unspecified atom stereocenters. The van der Waals surface area contributed by atoms with Gasteiger partial charge in [0.2, 0.25) is 6.41 Å². The molecule has 1 amide bonds. The van der Waals surface area contributed by atoms with E-state index in [1.54, 1.807) is 30.3 Å². The van der Waals surface area contributed by atoms with Crippen LogP contribution < -0.4 is 15.0 Å². The number of halogens is 2. The van der Waals surface area contributed by atoms with Crippen LogP contribution in [0.2, 0.25) is 5.02 Å². The Hall–Kier alpha value is -2.48. The lowest BCUT2D eigenvalue weighted by Gasteiger charge is -2.29. The fourth-order valence-electron chi connectivity index (χ4n) is 3.61. The number of hydrogen-bond acceptors (Lipinski definition) is 5. The van der Waals surface area contributed by atoms with E-state index in [2.05, 4.69) is 38.3 Å². The lowest BCUT2D eigenvalue weighted by molar-refractivity contribution is -0.105. The van der Waals surface area contributed by atoms with Gasteiger partial charge >= 0.3 is 0 Å². The maximum Gasteiger partial charge on any atom is 0.211 e. The molecule has 0 saturated carbocycles. The third kappa shape index (κ3) is 7.75. The molecule has 35 heavy (non-hydrogen) atoms. The number of nitrogens with zero attached hydrogens (tertiary/aromatic N) is 1. The Balaban J connectivity index is 0.000000198. The minimum absolute atomic E-state index is 0.0987. The van der Waals surface area contributed by atoms with Crippen LogP contribution in [0.4, 0.5) is 11.4 Å². The fraction of sp³-hybridized carbons (Fsp3) is 0.259. The number of carbonyl (C=O) groups excluding carboxylic acids is 2. The molecule has 1 aliphatic heterocycles. The van der Waals surface area contributed by atoms with Crippen LogP contribution in [0.15, 0.2) is 65.1 Å². The number of amides is 1. The minimum Gasteiger partial charge on any atom is -0.493 e. The Morgan fingerprint density at radius 2 is 1.83 bits per heavy atom. The quantitative estimate of drug-likeness (QED) is 0.247. The van der Waals surface area contributed by atoms with Gasteiger partial charge in [0.25, 0.3) is 0 Å². The third-order valence-corrected chi connectivity index (χ3v) is 7.10. The Morgan fingerprint density at radius 3 is 2.46 bits per heavy atom. The van der Waals surface area contributed by atoms with Crippen molar-refractivity contribution in [3.8, 4) is 5.75 Å². The summed E-state index contributed by atoms with van der Waals surface area (Å²) in [5.74, 6) is 2.86. The molecule has 8 heteroatoms. The molecule has 0 spiro atoms. The van der Waals surface area contributed by atoms with Crippen LogP contribution in [0, 0.1) is 6.92 Å². The van der Waals surface area contributed by atoms with E-state index in [-0.39, 0.29) is 5.78 Å². The molecule has 0 bridgehead atoms. The zero-order valence-corrected chi connectivity index (χ0v) is 22.9. The first-order valence-electron chi connectivity index (χ1n) is 11.3. The van der Waals surface area contributed by atoms with Crippen molar-refractivity contribution in [3.05, 3.63) is 86.8 Å². The molecule has 1 N–H and O–H groups in total. The van der Waals surface area contributed by atoms with Gasteiger partial charge in [-0.3, -0.25) is 9.59 Å². The molecular weight excluding hydrogens is 548 g/mol. The summed E-state index contributed by atoms with van der Waals surface area (Å²) in [6.45, 7) is 6.63. The highest BCUT2D eigenvalue weighted by molar-refractivity contribution is 9.10.